The van der Waals surface area contributed by atoms with Gasteiger partial charge >= 0.3 is 0 Å². The molecule has 0 amide bonds. The molecule has 3 rings (SSSR count). The quantitative estimate of drug-likeness (QED) is 0.871. The minimum Gasteiger partial charge on any atom is -0.493 e. The van der Waals surface area contributed by atoms with Crippen molar-refractivity contribution in [3.05, 3.63) is 29.3 Å². The molecule has 4 heteroatoms. The third-order valence-electron chi connectivity index (χ3n) is 4.06. The van der Waals surface area contributed by atoms with Gasteiger partial charge in [-0.3, -0.25) is 9.69 Å². The molecule has 0 atom stereocenters. The minimum absolute atomic E-state index is 0.351. The minimum atomic E-state index is 0.351. The van der Waals surface area contributed by atoms with Gasteiger partial charge in [-0.15, -0.1) is 0 Å². The lowest BCUT2D eigenvalue weighted by Crippen LogP contribution is -2.45. The molecule has 0 saturated carbocycles. The number of fused-ring (bicyclic) bond motifs is 1. The number of carbonyl (C=O) groups is 1. The van der Waals surface area contributed by atoms with Crippen LogP contribution >= 0.6 is 0 Å². The lowest BCUT2D eigenvalue weighted by Gasteiger charge is -2.26. The van der Waals surface area contributed by atoms with E-state index in [1.165, 1.54) is 11.1 Å². The van der Waals surface area contributed by atoms with Crippen LogP contribution in [0.1, 0.15) is 17.5 Å². The third-order valence-corrected chi connectivity index (χ3v) is 4.06. The molecule has 1 saturated heterocycles. The van der Waals surface area contributed by atoms with E-state index in [1.807, 2.05) is 6.07 Å². The van der Waals surface area contributed by atoms with Crippen LogP contribution in [0.3, 0.4) is 0 Å². The Morgan fingerprint density at radius 2 is 2.15 bits per heavy atom. The molecule has 2 aliphatic rings. The first-order valence-corrected chi connectivity index (χ1v) is 7.50. The van der Waals surface area contributed by atoms with E-state index in [0.717, 1.165) is 51.4 Å². The number of carbonyl (C=O) groups excluding carboxylic acids is 1. The van der Waals surface area contributed by atoms with Gasteiger partial charge in [0.25, 0.3) is 0 Å². The van der Waals surface area contributed by atoms with E-state index < -0.39 is 0 Å². The molecule has 0 aromatic heterocycles. The Labute approximate surface area is 120 Å². The highest BCUT2D eigenvalue weighted by Gasteiger charge is 2.15. The zero-order chi connectivity index (χ0) is 13.8. The van der Waals surface area contributed by atoms with Gasteiger partial charge in [-0.25, -0.2) is 0 Å². The molecule has 0 unspecified atom stereocenters. The van der Waals surface area contributed by atoms with Gasteiger partial charge in [-0.2, -0.15) is 0 Å². The average molecular weight is 274 g/mol. The fraction of sp³-hybridized carbons (Fsp3) is 0.562. The fourth-order valence-electron chi connectivity index (χ4n) is 2.88. The van der Waals surface area contributed by atoms with Crippen molar-refractivity contribution in [2.75, 3.05) is 39.3 Å². The van der Waals surface area contributed by atoms with Crippen LogP contribution in [-0.4, -0.2) is 50.0 Å². The van der Waals surface area contributed by atoms with Crippen molar-refractivity contribution in [2.24, 2.45) is 0 Å². The molecule has 0 bridgehead atoms. The molecule has 108 valence electrons. The molecule has 0 radical (unpaired) electrons. The summed E-state index contributed by atoms with van der Waals surface area (Å²) in [7, 11) is 0. The van der Waals surface area contributed by atoms with Crippen molar-refractivity contribution in [3.63, 3.8) is 0 Å². The van der Waals surface area contributed by atoms with Crippen molar-refractivity contribution in [1.29, 1.82) is 0 Å². The molecular formula is C16H22N2O2. The predicted octanol–water partition coefficient (Wildman–Crippen LogP) is 1.03. The molecule has 1 aromatic carbocycles. The molecular weight excluding hydrogens is 252 g/mol. The molecule has 2 aliphatic heterocycles. The number of ketones is 1. The summed E-state index contributed by atoms with van der Waals surface area (Å²) in [6.07, 6.45) is 2.49. The number of hydrogen-bond acceptors (Lipinski definition) is 4. The van der Waals surface area contributed by atoms with E-state index in [4.69, 9.17) is 4.74 Å². The Balaban J connectivity index is 1.47. The Bertz CT molecular complexity index is 481. The first-order valence-electron chi connectivity index (χ1n) is 7.50. The predicted molar refractivity (Wildman–Crippen MR) is 78.3 cm³/mol. The van der Waals surface area contributed by atoms with E-state index >= 15 is 0 Å². The van der Waals surface area contributed by atoms with Gasteiger partial charge in [-0.05, 0) is 23.6 Å². The Morgan fingerprint density at radius 1 is 1.30 bits per heavy atom. The van der Waals surface area contributed by atoms with Gasteiger partial charge in [0.15, 0.2) is 0 Å². The maximum atomic E-state index is 12.0. The SMILES string of the molecule is O=C(CCc1ccc2c(c1)CCO2)CN1CCNCC1. The summed E-state index contributed by atoms with van der Waals surface area (Å²) in [6, 6.07) is 6.32. The molecule has 1 fully saturated rings. The largest absolute Gasteiger partial charge is 0.493 e. The van der Waals surface area contributed by atoms with Crippen molar-refractivity contribution in [1.82, 2.24) is 10.2 Å². The van der Waals surface area contributed by atoms with Crippen LogP contribution in [0.15, 0.2) is 18.2 Å². The molecule has 4 nitrogen and oxygen atoms in total. The van der Waals surface area contributed by atoms with Gasteiger partial charge in [-0.1, -0.05) is 12.1 Å². The zero-order valence-electron chi connectivity index (χ0n) is 11.9. The summed E-state index contributed by atoms with van der Waals surface area (Å²) in [6.45, 7) is 5.37. The van der Waals surface area contributed by atoms with Crippen LogP contribution in [0.25, 0.3) is 0 Å². The molecule has 0 spiro atoms. The number of rotatable bonds is 5. The standard InChI is InChI=1S/C16H22N2O2/c19-15(12-18-8-6-17-7-9-18)3-1-13-2-4-16-14(11-13)5-10-20-16/h2,4,11,17H,1,3,5-10,12H2. The first kappa shape index (κ1) is 13.6. The van der Waals surface area contributed by atoms with Crippen molar-refractivity contribution in [2.45, 2.75) is 19.3 Å². The summed E-state index contributed by atoms with van der Waals surface area (Å²) in [5.74, 6) is 1.37. The average Bonchev–Trinajstić information content (AvgIpc) is 2.93. The molecule has 20 heavy (non-hydrogen) atoms. The zero-order valence-corrected chi connectivity index (χ0v) is 11.9. The number of ether oxygens (including phenoxy) is 1. The maximum Gasteiger partial charge on any atom is 0.147 e. The second-order valence-electron chi connectivity index (χ2n) is 5.61. The third kappa shape index (κ3) is 3.38. The monoisotopic (exact) mass is 274 g/mol. The number of hydrogen-bond donors (Lipinski definition) is 1. The maximum absolute atomic E-state index is 12.0. The Hall–Kier alpha value is -1.39. The molecule has 1 aromatic rings. The molecule has 1 N–H and O–H groups in total. The van der Waals surface area contributed by atoms with Gasteiger partial charge < -0.3 is 10.1 Å². The summed E-state index contributed by atoms with van der Waals surface area (Å²) in [5, 5.41) is 3.30. The number of benzene rings is 1. The molecule has 0 aliphatic carbocycles. The normalized spacial score (nSPS) is 18.6. The number of piperazine rings is 1. The fourth-order valence-corrected chi connectivity index (χ4v) is 2.88. The van der Waals surface area contributed by atoms with Crippen molar-refractivity contribution in [3.8, 4) is 5.75 Å². The van der Waals surface area contributed by atoms with E-state index in [9.17, 15) is 4.79 Å². The van der Waals surface area contributed by atoms with Gasteiger partial charge in [0.2, 0.25) is 0 Å². The van der Waals surface area contributed by atoms with Crippen LogP contribution in [0.2, 0.25) is 0 Å². The van der Waals surface area contributed by atoms with Crippen LogP contribution < -0.4 is 10.1 Å². The summed E-state index contributed by atoms with van der Waals surface area (Å²) < 4.78 is 5.50. The van der Waals surface area contributed by atoms with Crippen molar-refractivity contribution < 1.29 is 9.53 Å². The first-order chi connectivity index (χ1) is 9.81. The van der Waals surface area contributed by atoms with E-state index in [1.54, 1.807) is 0 Å². The lowest BCUT2D eigenvalue weighted by molar-refractivity contribution is -0.120. The number of nitrogens with one attached hydrogen (secondary N) is 1. The molecule has 2 heterocycles. The number of nitrogens with zero attached hydrogens (tertiary/aromatic N) is 1. The number of aryl methyl sites for hydroxylation is 1. The highest BCUT2D eigenvalue weighted by Crippen LogP contribution is 2.26. The summed E-state index contributed by atoms with van der Waals surface area (Å²) in [5.41, 5.74) is 2.54. The second kappa shape index (κ2) is 6.37. The van der Waals surface area contributed by atoms with Crippen LogP contribution in [-0.2, 0) is 17.6 Å². The van der Waals surface area contributed by atoms with Crippen LogP contribution in [0.5, 0.6) is 5.75 Å². The van der Waals surface area contributed by atoms with Gasteiger partial charge in [0, 0.05) is 39.0 Å². The van der Waals surface area contributed by atoms with E-state index in [2.05, 4.69) is 22.3 Å². The van der Waals surface area contributed by atoms with E-state index in [-0.39, 0.29) is 0 Å². The van der Waals surface area contributed by atoms with Gasteiger partial charge in [0.05, 0.1) is 13.2 Å². The Morgan fingerprint density at radius 3 is 3.00 bits per heavy atom. The van der Waals surface area contributed by atoms with Crippen LogP contribution in [0.4, 0.5) is 0 Å². The smallest absolute Gasteiger partial charge is 0.147 e. The highest BCUT2D eigenvalue weighted by atomic mass is 16.5. The van der Waals surface area contributed by atoms with Crippen LogP contribution in [0, 0.1) is 0 Å². The summed E-state index contributed by atoms with van der Waals surface area (Å²) in [4.78, 5) is 14.3. The topological polar surface area (TPSA) is 41.6 Å². The summed E-state index contributed by atoms with van der Waals surface area (Å²) >= 11 is 0. The number of Topliss-reactive ketones (excluding diaryl/α,β-unsaturated/α-hetero) is 1. The van der Waals surface area contributed by atoms with E-state index in [0.29, 0.717) is 18.7 Å². The lowest BCUT2D eigenvalue weighted by atomic mass is 10.0. The van der Waals surface area contributed by atoms with Gasteiger partial charge in [0.1, 0.15) is 11.5 Å². The Kier molecular flexibility index (Phi) is 4.33. The highest BCUT2D eigenvalue weighted by molar-refractivity contribution is 5.80. The van der Waals surface area contributed by atoms with Crippen molar-refractivity contribution >= 4 is 5.78 Å². The second-order valence-corrected chi connectivity index (χ2v) is 5.61.